The first kappa shape index (κ1) is 17.3. The number of hydrogen-bond donors (Lipinski definition) is 0. The Bertz CT molecular complexity index is 747. The summed E-state index contributed by atoms with van der Waals surface area (Å²) in [6.45, 7) is 0.385. The molecule has 0 unspecified atom stereocenters. The molecular weight excluding hydrogens is 306 g/mol. The number of carbonyl (C=O) groups excluding carboxylic acids is 1. The van der Waals surface area contributed by atoms with Crippen LogP contribution in [0.5, 0.6) is 11.5 Å². The summed E-state index contributed by atoms with van der Waals surface area (Å²) >= 11 is 0. The van der Waals surface area contributed by atoms with Crippen molar-refractivity contribution in [1.82, 2.24) is 0 Å². The molecule has 24 heavy (non-hydrogen) atoms. The molecule has 0 amide bonds. The van der Waals surface area contributed by atoms with Crippen molar-refractivity contribution < 1.29 is 19.0 Å². The Balaban J connectivity index is 2.11. The smallest absolute Gasteiger partial charge is 0.348 e. The number of nitriles is 1. The number of ether oxygens (including phenoxy) is 3. The first-order valence-corrected chi connectivity index (χ1v) is 7.34. The van der Waals surface area contributed by atoms with Gasteiger partial charge in [0.05, 0.1) is 6.61 Å². The standard InChI is InChI=1S/C19H17NO4/c1-22-10-11-23-19(21)16(14-20)12-15-6-5-9-18(13-15)24-17-7-3-2-4-8-17/h2-9,12-13H,10-11H2,1H3/b16-12+. The molecule has 0 radical (unpaired) electrons. The van der Waals surface area contributed by atoms with E-state index in [-0.39, 0.29) is 18.8 Å². The predicted octanol–water partition coefficient (Wildman–Crippen LogP) is 3.58. The summed E-state index contributed by atoms with van der Waals surface area (Å²) in [7, 11) is 1.51. The molecule has 0 heterocycles. The molecule has 0 N–H and O–H groups in total. The summed E-state index contributed by atoms with van der Waals surface area (Å²) < 4.78 is 15.5. The van der Waals surface area contributed by atoms with Gasteiger partial charge in [0, 0.05) is 7.11 Å². The second-order valence-corrected chi connectivity index (χ2v) is 4.79. The molecule has 2 aromatic rings. The van der Waals surface area contributed by atoms with Crippen molar-refractivity contribution in [3.8, 4) is 17.6 Å². The van der Waals surface area contributed by atoms with Gasteiger partial charge in [-0.2, -0.15) is 5.26 Å². The van der Waals surface area contributed by atoms with Crippen LogP contribution in [-0.2, 0) is 14.3 Å². The van der Waals surface area contributed by atoms with E-state index in [1.54, 1.807) is 24.3 Å². The number of esters is 1. The lowest BCUT2D eigenvalue weighted by Gasteiger charge is -2.06. The third kappa shape index (κ3) is 5.27. The molecule has 5 nitrogen and oxygen atoms in total. The van der Waals surface area contributed by atoms with E-state index >= 15 is 0 Å². The third-order valence-electron chi connectivity index (χ3n) is 3.01. The van der Waals surface area contributed by atoms with Crippen LogP contribution in [0, 0.1) is 11.3 Å². The fourth-order valence-electron chi connectivity index (χ4n) is 1.89. The van der Waals surface area contributed by atoms with Gasteiger partial charge in [0.25, 0.3) is 0 Å². The summed E-state index contributed by atoms with van der Waals surface area (Å²) in [5.74, 6) is 0.641. The van der Waals surface area contributed by atoms with E-state index in [9.17, 15) is 4.79 Å². The van der Waals surface area contributed by atoms with Gasteiger partial charge in [-0.15, -0.1) is 0 Å². The lowest BCUT2D eigenvalue weighted by atomic mass is 10.1. The minimum atomic E-state index is -0.677. The van der Waals surface area contributed by atoms with Crippen molar-refractivity contribution in [2.75, 3.05) is 20.3 Å². The monoisotopic (exact) mass is 323 g/mol. The van der Waals surface area contributed by atoms with Crippen molar-refractivity contribution in [1.29, 1.82) is 5.26 Å². The first-order chi connectivity index (χ1) is 11.7. The van der Waals surface area contributed by atoms with Gasteiger partial charge >= 0.3 is 5.97 Å². The molecule has 0 saturated heterocycles. The topological polar surface area (TPSA) is 68.5 Å². The summed E-state index contributed by atoms with van der Waals surface area (Å²) in [6, 6.07) is 18.3. The Labute approximate surface area is 140 Å². The maximum atomic E-state index is 11.8. The van der Waals surface area contributed by atoms with Crippen molar-refractivity contribution in [3.63, 3.8) is 0 Å². The Hall–Kier alpha value is -3.10. The highest BCUT2D eigenvalue weighted by atomic mass is 16.6. The number of nitrogens with zero attached hydrogens (tertiary/aromatic N) is 1. The summed E-state index contributed by atoms with van der Waals surface area (Å²) in [4.78, 5) is 11.8. The molecule has 0 saturated carbocycles. The maximum absolute atomic E-state index is 11.8. The molecule has 0 bridgehead atoms. The minimum Gasteiger partial charge on any atom is -0.459 e. The highest BCUT2D eigenvalue weighted by molar-refractivity contribution is 5.97. The predicted molar refractivity (Wildman–Crippen MR) is 89.4 cm³/mol. The van der Waals surface area contributed by atoms with E-state index < -0.39 is 5.97 Å². The summed E-state index contributed by atoms with van der Waals surface area (Å²) in [5.41, 5.74) is 0.589. The van der Waals surface area contributed by atoms with Crippen molar-refractivity contribution in [3.05, 3.63) is 65.7 Å². The van der Waals surface area contributed by atoms with Gasteiger partial charge in [0.1, 0.15) is 29.7 Å². The molecule has 0 atom stereocenters. The second-order valence-electron chi connectivity index (χ2n) is 4.79. The van der Waals surface area contributed by atoms with Crippen LogP contribution in [0.4, 0.5) is 0 Å². The molecule has 5 heteroatoms. The van der Waals surface area contributed by atoms with Crippen LogP contribution in [0.2, 0.25) is 0 Å². The van der Waals surface area contributed by atoms with Crippen LogP contribution in [-0.4, -0.2) is 26.3 Å². The zero-order valence-corrected chi connectivity index (χ0v) is 13.3. The van der Waals surface area contributed by atoms with Gasteiger partial charge in [-0.25, -0.2) is 4.79 Å². The molecule has 0 aliphatic rings. The number of carbonyl (C=O) groups is 1. The minimum absolute atomic E-state index is 0.0806. The lowest BCUT2D eigenvalue weighted by Crippen LogP contribution is -2.11. The molecule has 2 aromatic carbocycles. The van der Waals surface area contributed by atoms with E-state index in [4.69, 9.17) is 19.5 Å². The van der Waals surface area contributed by atoms with Crippen LogP contribution >= 0.6 is 0 Å². The highest BCUT2D eigenvalue weighted by Crippen LogP contribution is 2.22. The molecule has 0 spiro atoms. The molecule has 2 rings (SSSR count). The zero-order valence-electron chi connectivity index (χ0n) is 13.3. The Morgan fingerprint density at radius 3 is 2.54 bits per heavy atom. The third-order valence-corrected chi connectivity index (χ3v) is 3.01. The number of methoxy groups -OCH3 is 1. The van der Waals surface area contributed by atoms with E-state index in [0.29, 0.717) is 17.1 Å². The lowest BCUT2D eigenvalue weighted by molar-refractivity contribution is -0.139. The van der Waals surface area contributed by atoms with Gasteiger partial charge in [-0.1, -0.05) is 30.3 Å². The van der Waals surface area contributed by atoms with Crippen LogP contribution in [0.25, 0.3) is 6.08 Å². The molecule has 0 aromatic heterocycles. The Morgan fingerprint density at radius 2 is 1.83 bits per heavy atom. The van der Waals surface area contributed by atoms with E-state index in [2.05, 4.69) is 0 Å². The Morgan fingerprint density at radius 1 is 1.08 bits per heavy atom. The first-order valence-electron chi connectivity index (χ1n) is 7.34. The Kier molecular flexibility index (Phi) is 6.57. The van der Waals surface area contributed by atoms with Crippen LogP contribution in [0.1, 0.15) is 5.56 Å². The second kappa shape index (κ2) is 9.13. The van der Waals surface area contributed by atoms with Crippen LogP contribution in [0.15, 0.2) is 60.2 Å². The van der Waals surface area contributed by atoms with Crippen LogP contribution < -0.4 is 4.74 Å². The zero-order chi connectivity index (χ0) is 17.2. The maximum Gasteiger partial charge on any atom is 0.348 e. The van der Waals surface area contributed by atoms with Gasteiger partial charge in [0.2, 0.25) is 0 Å². The van der Waals surface area contributed by atoms with E-state index in [0.717, 1.165) is 0 Å². The highest BCUT2D eigenvalue weighted by Gasteiger charge is 2.10. The normalized spacial score (nSPS) is 10.8. The fourth-order valence-corrected chi connectivity index (χ4v) is 1.89. The fraction of sp³-hybridized carbons (Fsp3) is 0.158. The van der Waals surface area contributed by atoms with E-state index in [1.165, 1.54) is 13.2 Å². The largest absolute Gasteiger partial charge is 0.459 e. The summed E-state index contributed by atoms with van der Waals surface area (Å²) in [5, 5.41) is 9.14. The van der Waals surface area contributed by atoms with Crippen molar-refractivity contribution in [2.24, 2.45) is 0 Å². The van der Waals surface area contributed by atoms with Gasteiger partial charge < -0.3 is 14.2 Å². The van der Waals surface area contributed by atoms with Crippen molar-refractivity contribution in [2.45, 2.75) is 0 Å². The van der Waals surface area contributed by atoms with E-state index in [1.807, 2.05) is 36.4 Å². The molecular formula is C19H17NO4. The quantitative estimate of drug-likeness (QED) is 0.337. The van der Waals surface area contributed by atoms with Crippen molar-refractivity contribution >= 4 is 12.0 Å². The van der Waals surface area contributed by atoms with Crippen LogP contribution in [0.3, 0.4) is 0 Å². The summed E-state index contributed by atoms with van der Waals surface area (Å²) in [6.07, 6.45) is 1.47. The molecule has 122 valence electrons. The number of hydrogen-bond acceptors (Lipinski definition) is 5. The van der Waals surface area contributed by atoms with Gasteiger partial charge in [0.15, 0.2) is 0 Å². The molecule has 0 aliphatic heterocycles. The molecule has 0 fully saturated rings. The average molecular weight is 323 g/mol. The number of para-hydroxylation sites is 1. The van der Waals surface area contributed by atoms with Gasteiger partial charge in [-0.3, -0.25) is 0 Å². The van der Waals surface area contributed by atoms with Gasteiger partial charge in [-0.05, 0) is 35.9 Å². The SMILES string of the molecule is COCCOC(=O)/C(C#N)=C/c1cccc(Oc2ccccc2)c1. The number of rotatable bonds is 7. The number of benzene rings is 2. The average Bonchev–Trinajstić information content (AvgIpc) is 2.61. The molecule has 0 aliphatic carbocycles.